The Labute approximate surface area is 91.8 Å². The number of halogens is 3. The van der Waals surface area contributed by atoms with Gasteiger partial charge in [-0.25, -0.2) is 4.39 Å². The van der Waals surface area contributed by atoms with Crippen LogP contribution in [0.1, 0.15) is 5.56 Å². The molecule has 0 fully saturated rings. The molecule has 0 atom stereocenters. The molecule has 11 heavy (non-hydrogen) atoms. The molecule has 0 saturated heterocycles. The second kappa shape index (κ2) is 3.99. The maximum atomic E-state index is 12.8. The molecule has 60 valence electrons. The zero-order valence-electron chi connectivity index (χ0n) is 5.57. The van der Waals surface area contributed by atoms with Gasteiger partial charge in [-0.3, -0.25) is 0 Å². The van der Waals surface area contributed by atoms with Crippen LogP contribution in [-0.4, -0.2) is 0 Å². The Balaban J connectivity index is 3.25. The van der Waals surface area contributed by atoms with Gasteiger partial charge in [-0.2, -0.15) is 0 Å². The van der Waals surface area contributed by atoms with Crippen molar-refractivity contribution in [1.82, 2.24) is 0 Å². The van der Waals surface area contributed by atoms with E-state index >= 15 is 0 Å². The zero-order chi connectivity index (χ0) is 8.43. The number of rotatable bonds is 1. The van der Waals surface area contributed by atoms with Gasteiger partial charge >= 0.3 is 0 Å². The first kappa shape index (κ1) is 9.66. The van der Waals surface area contributed by atoms with Crippen molar-refractivity contribution in [3.8, 4) is 0 Å². The Hall–Kier alpha value is 0.570. The molecule has 0 aliphatic rings. The van der Waals surface area contributed by atoms with Crippen molar-refractivity contribution in [1.29, 1.82) is 0 Å². The van der Waals surface area contributed by atoms with Gasteiger partial charge in [-0.05, 0) is 56.8 Å². The van der Waals surface area contributed by atoms with Gasteiger partial charge in [-0.15, -0.1) is 0 Å². The van der Waals surface area contributed by atoms with Gasteiger partial charge < -0.3 is 5.73 Å². The molecule has 1 rings (SSSR count). The Bertz CT molecular complexity index is 275. The topological polar surface area (TPSA) is 26.0 Å². The van der Waals surface area contributed by atoms with Crippen LogP contribution in [0.15, 0.2) is 12.1 Å². The lowest BCUT2D eigenvalue weighted by Gasteiger charge is -2.03. The van der Waals surface area contributed by atoms with Crippen LogP contribution in [0.2, 0.25) is 0 Å². The van der Waals surface area contributed by atoms with Crippen LogP contribution >= 0.6 is 45.2 Å². The normalized spacial score (nSPS) is 10.2. The lowest BCUT2D eigenvalue weighted by Crippen LogP contribution is -2.01. The summed E-state index contributed by atoms with van der Waals surface area (Å²) in [5.74, 6) is -0.174. The predicted molar refractivity (Wildman–Crippen MR) is 59.7 cm³/mol. The lowest BCUT2D eigenvalue weighted by molar-refractivity contribution is 0.618. The molecule has 0 aromatic heterocycles. The molecular weight excluding hydrogens is 371 g/mol. The van der Waals surface area contributed by atoms with E-state index in [-0.39, 0.29) is 5.82 Å². The van der Waals surface area contributed by atoms with Crippen molar-refractivity contribution in [2.75, 3.05) is 0 Å². The smallest absolute Gasteiger partial charge is 0.137 e. The van der Waals surface area contributed by atoms with Crippen molar-refractivity contribution in [2.24, 2.45) is 5.73 Å². The van der Waals surface area contributed by atoms with Gasteiger partial charge in [0.25, 0.3) is 0 Å². The van der Waals surface area contributed by atoms with Crippen molar-refractivity contribution in [3.63, 3.8) is 0 Å². The van der Waals surface area contributed by atoms with E-state index in [1.54, 1.807) is 6.07 Å². The van der Waals surface area contributed by atoms with Crippen molar-refractivity contribution >= 4 is 45.2 Å². The maximum Gasteiger partial charge on any atom is 0.137 e. The average molecular weight is 377 g/mol. The third-order valence-corrected chi connectivity index (χ3v) is 4.65. The Morgan fingerprint density at radius 1 is 1.27 bits per heavy atom. The molecule has 0 heterocycles. The van der Waals surface area contributed by atoms with Crippen molar-refractivity contribution < 1.29 is 4.39 Å². The number of hydrogen-bond acceptors (Lipinski definition) is 1. The van der Waals surface area contributed by atoms with E-state index in [1.165, 1.54) is 6.07 Å². The lowest BCUT2D eigenvalue weighted by atomic mass is 10.2. The summed E-state index contributed by atoms with van der Waals surface area (Å²) in [6, 6.07) is 3.17. The van der Waals surface area contributed by atoms with E-state index in [9.17, 15) is 4.39 Å². The monoisotopic (exact) mass is 377 g/mol. The SMILES string of the molecule is NCc1ccc(F)c(I)c1I. The Morgan fingerprint density at radius 3 is 2.45 bits per heavy atom. The van der Waals surface area contributed by atoms with Gasteiger partial charge in [0.1, 0.15) is 5.82 Å². The molecule has 0 amide bonds. The molecule has 1 nitrogen and oxygen atoms in total. The quantitative estimate of drug-likeness (QED) is 0.591. The highest BCUT2D eigenvalue weighted by Crippen LogP contribution is 2.21. The molecule has 0 unspecified atom stereocenters. The van der Waals surface area contributed by atoms with Gasteiger partial charge in [-0.1, -0.05) is 6.07 Å². The molecule has 1 aromatic carbocycles. The first-order chi connectivity index (χ1) is 5.16. The van der Waals surface area contributed by atoms with Crippen LogP contribution in [0, 0.1) is 13.0 Å². The van der Waals surface area contributed by atoms with E-state index in [4.69, 9.17) is 5.73 Å². The van der Waals surface area contributed by atoms with Crippen LogP contribution in [0.25, 0.3) is 0 Å². The summed E-state index contributed by atoms with van der Waals surface area (Å²) in [4.78, 5) is 0. The number of benzene rings is 1. The van der Waals surface area contributed by atoms with Gasteiger partial charge in [0.05, 0.1) is 3.57 Å². The minimum atomic E-state index is -0.174. The van der Waals surface area contributed by atoms with Crippen LogP contribution in [0.3, 0.4) is 0 Å². The highest BCUT2D eigenvalue weighted by molar-refractivity contribution is 14.1. The molecule has 2 N–H and O–H groups in total. The van der Waals surface area contributed by atoms with Crippen molar-refractivity contribution in [3.05, 3.63) is 30.7 Å². The zero-order valence-corrected chi connectivity index (χ0v) is 9.89. The van der Waals surface area contributed by atoms with Crippen molar-refractivity contribution in [2.45, 2.75) is 6.54 Å². The summed E-state index contributed by atoms with van der Waals surface area (Å²) in [7, 11) is 0. The molecule has 0 spiro atoms. The highest BCUT2D eigenvalue weighted by atomic mass is 127. The summed E-state index contributed by atoms with van der Waals surface area (Å²) in [6.07, 6.45) is 0. The van der Waals surface area contributed by atoms with E-state index in [0.717, 1.165) is 9.13 Å². The molecule has 0 aliphatic heterocycles. The van der Waals surface area contributed by atoms with Gasteiger partial charge in [0.15, 0.2) is 0 Å². The molecule has 0 saturated carbocycles. The van der Waals surface area contributed by atoms with E-state index in [2.05, 4.69) is 22.6 Å². The summed E-state index contributed by atoms with van der Waals surface area (Å²) < 4.78 is 14.4. The third kappa shape index (κ3) is 2.03. The van der Waals surface area contributed by atoms with Crippen LogP contribution in [-0.2, 0) is 6.54 Å². The summed E-state index contributed by atoms with van der Waals surface area (Å²) in [5, 5.41) is 0. The van der Waals surface area contributed by atoms with Crippen LogP contribution in [0.5, 0.6) is 0 Å². The van der Waals surface area contributed by atoms with E-state index in [1.807, 2.05) is 22.6 Å². The molecule has 0 bridgehead atoms. The highest BCUT2D eigenvalue weighted by Gasteiger charge is 2.06. The minimum Gasteiger partial charge on any atom is -0.326 e. The van der Waals surface area contributed by atoms with Crippen LogP contribution < -0.4 is 5.73 Å². The maximum absolute atomic E-state index is 12.8. The Kier molecular flexibility index (Phi) is 3.51. The third-order valence-electron chi connectivity index (χ3n) is 1.34. The Morgan fingerprint density at radius 2 is 1.91 bits per heavy atom. The van der Waals surface area contributed by atoms with E-state index < -0.39 is 0 Å². The summed E-state index contributed by atoms with van der Waals surface area (Å²) >= 11 is 4.08. The van der Waals surface area contributed by atoms with Crippen LogP contribution in [0.4, 0.5) is 4.39 Å². The first-order valence-electron chi connectivity index (χ1n) is 2.99. The fourth-order valence-electron chi connectivity index (χ4n) is 0.724. The molecular formula is C7H6FI2N. The minimum absolute atomic E-state index is 0.174. The first-order valence-corrected chi connectivity index (χ1v) is 5.15. The second-order valence-corrected chi connectivity index (χ2v) is 4.20. The molecule has 1 aromatic rings. The standard InChI is InChI=1S/C7H6FI2N/c8-5-2-1-4(3-11)6(9)7(5)10/h1-2H,3,11H2. The van der Waals surface area contributed by atoms with Gasteiger partial charge in [0, 0.05) is 10.1 Å². The summed E-state index contributed by atoms with van der Waals surface area (Å²) in [5.41, 5.74) is 6.44. The number of hydrogen-bond donors (Lipinski definition) is 1. The molecule has 0 radical (unpaired) electrons. The average Bonchev–Trinajstić information content (AvgIpc) is 2.01. The molecule has 4 heteroatoms. The predicted octanol–water partition coefficient (Wildman–Crippen LogP) is 2.49. The molecule has 0 aliphatic carbocycles. The number of nitrogens with two attached hydrogens (primary N) is 1. The van der Waals surface area contributed by atoms with Gasteiger partial charge in [0.2, 0.25) is 0 Å². The fraction of sp³-hybridized carbons (Fsp3) is 0.143. The largest absolute Gasteiger partial charge is 0.326 e. The summed E-state index contributed by atoms with van der Waals surface area (Å²) in [6.45, 7) is 0.467. The fourth-order valence-corrected chi connectivity index (χ4v) is 1.91. The second-order valence-electron chi connectivity index (χ2n) is 2.04. The van der Waals surface area contributed by atoms with E-state index in [0.29, 0.717) is 10.1 Å².